The number of imidazole rings is 1. The predicted molar refractivity (Wildman–Crippen MR) is 143 cm³/mol. The van der Waals surface area contributed by atoms with Gasteiger partial charge in [-0.05, 0) is 36.6 Å². The molecule has 0 aliphatic carbocycles. The van der Waals surface area contributed by atoms with Crippen LogP contribution in [0.25, 0.3) is 11.3 Å². The average molecular weight is 508 g/mol. The minimum absolute atomic E-state index is 0.100. The molecule has 0 radical (unpaired) electrons. The Labute approximate surface area is 215 Å². The van der Waals surface area contributed by atoms with Gasteiger partial charge in [0.15, 0.2) is 0 Å². The van der Waals surface area contributed by atoms with Crippen LogP contribution in [0.3, 0.4) is 0 Å². The summed E-state index contributed by atoms with van der Waals surface area (Å²) in [4.78, 5) is 24.9. The number of hydrogen-bond donors (Lipinski definition) is 1. The van der Waals surface area contributed by atoms with Crippen LogP contribution in [-0.2, 0) is 6.54 Å². The largest absolute Gasteiger partial charge is 0.330 e. The lowest BCUT2D eigenvalue weighted by molar-refractivity contribution is 0.0599. The normalized spacial score (nSPS) is 12.1. The van der Waals surface area contributed by atoms with Crippen molar-refractivity contribution in [3.05, 3.63) is 93.8 Å². The van der Waals surface area contributed by atoms with E-state index < -0.39 is 0 Å². The van der Waals surface area contributed by atoms with Crippen molar-refractivity contribution in [1.29, 1.82) is 0 Å². The van der Waals surface area contributed by atoms with Gasteiger partial charge >= 0.3 is 0 Å². The van der Waals surface area contributed by atoms with Crippen LogP contribution in [0.4, 0.5) is 0 Å². The summed E-state index contributed by atoms with van der Waals surface area (Å²) in [6, 6.07) is 17.7. The Morgan fingerprint density at radius 2 is 1.97 bits per heavy atom. The molecule has 0 saturated heterocycles. The molecule has 4 rings (SSSR count). The van der Waals surface area contributed by atoms with E-state index in [4.69, 9.17) is 22.3 Å². The van der Waals surface area contributed by atoms with Crippen molar-refractivity contribution in [1.82, 2.24) is 19.4 Å². The van der Waals surface area contributed by atoms with Gasteiger partial charge in [-0.1, -0.05) is 67.9 Å². The smallest absolute Gasteiger partial charge is 0.273 e. The van der Waals surface area contributed by atoms with E-state index >= 15 is 0 Å². The summed E-state index contributed by atoms with van der Waals surface area (Å²) >= 11 is 7.70. The number of amides is 1. The first-order valence-corrected chi connectivity index (χ1v) is 13.1. The third-order valence-electron chi connectivity index (χ3n) is 5.87. The summed E-state index contributed by atoms with van der Waals surface area (Å²) in [6.45, 7) is 5.91. The standard InChI is InChI=1S/C27H30ClN5OS/c1-19(2)25(33(13-7-12-29)27(34)24-17-35-18-30-24)26-31-23(21-10-6-11-22(28)14-21)16-32(26)15-20-8-4-3-5-9-20/h3-6,8-11,14,16-19,25H,7,12-13,15,29H2,1-2H3. The molecule has 1 amide bonds. The SMILES string of the molecule is CC(C)C(c1nc(-c2cccc(Cl)c2)cn1Cc1ccccc1)N(CCCN)C(=O)c1cscn1. The number of halogens is 1. The van der Waals surface area contributed by atoms with E-state index in [0.717, 1.165) is 22.6 Å². The van der Waals surface area contributed by atoms with Crippen molar-refractivity contribution in [3.8, 4) is 11.3 Å². The molecular weight excluding hydrogens is 478 g/mol. The molecule has 0 aliphatic heterocycles. The van der Waals surface area contributed by atoms with E-state index in [-0.39, 0.29) is 17.9 Å². The summed E-state index contributed by atoms with van der Waals surface area (Å²) in [5, 5.41) is 2.45. The number of benzene rings is 2. The highest BCUT2D eigenvalue weighted by Gasteiger charge is 2.33. The molecule has 182 valence electrons. The van der Waals surface area contributed by atoms with Gasteiger partial charge in [-0.2, -0.15) is 0 Å². The highest BCUT2D eigenvalue weighted by atomic mass is 35.5. The third-order valence-corrected chi connectivity index (χ3v) is 6.69. The molecule has 1 unspecified atom stereocenters. The van der Waals surface area contributed by atoms with Crippen LogP contribution in [-0.4, -0.2) is 38.4 Å². The zero-order valence-corrected chi connectivity index (χ0v) is 21.5. The molecule has 0 saturated carbocycles. The van der Waals surface area contributed by atoms with Crippen molar-refractivity contribution in [2.45, 2.75) is 32.9 Å². The van der Waals surface area contributed by atoms with E-state index in [0.29, 0.717) is 36.8 Å². The molecular formula is C27H30ClN5OS. The van der Waals surface area contributed by atoms with Gasteiger partial charge in [-0.25, -0.2) is 9.97 Å². The van der Waals surface area contributed by atoms with E-state index in [2.05, 4.69) is 41.7 Å². The maximum atomic E-state index is 13.6. The second-order valence-electron chi connectivity index (χ2n) is 8.81. The number of nitrogens with two attached hydrogens (primary N) is 1. The molecule has 35 heavy (non-hydrogen) atoms. The van der Waals surface area contributed by atoms with Crippen molar-refractivity contribution in [2.75, 3.05) is 13.1 Å². The van der Waals surface area contributed by atoms with Crippen LogP contribution in [0.2, 0.25) is 5.02 Å². The van der Waals surface area contributed by atoms with E-state index in [9.17, 15) is 4.79 Å². The minimum atomic E-state index is -0.257. The lowest BCUT2D eigenvalue weighted by Crippen LogP contribution is -2.40. The molecule has 0 spiro atoms. The van der Waals surface area contributed by atoms with Gasteiger partial charge in [-0.3, -0.25) is 4.79 Å². The van der Waals surface area contributed by atoms with Crippen molar-refractivity contribution in [2.24, 2.45) is 11.7 Å². The number of carbonyl (C=O) groups excluding carboxylic acids is 1. The van der Waals surface area contributed by atoms with Crippen LogP contribution >= 0.6 is 22.9 Å². The molecule has 8 heteroatoms. The van der Waals surface area contributed by atoms with Crippen LogP contribution < -0.4 is 5.73 Å². The lowest BCUT2D eigenvalue weighted by Gasteiger charge is -2.34. The fourth-order valence-electron chi connectivity index (χ4n) is 4.25. The van der Waals surface area contributed by atoms with Gasteiger partial charge in [0.25, 0.3) is 5.91 Å². The molecule has 2 aromatic carbocycles. The first kappa shape index (κ1) is 25.1. The van der Waals surface area contributed by atoms with E-state index in [1.54, 1.807) is 10.9 Å². The summed E-state index contributed by atoms with van der Waals surface area (Å²) < 4.78 is 2.15. The highest BCUT2D eigenvalue weighted by Crippen LogP contribution is 2.33. The maximum Gasteiger partial charge on any atom is 0.273 e. The summed E-state index contributed by atoms with van der Waals surface area (Å²) in [6.07, 6.45) is 2.75. The quantitative estimate of drug-likeness (QED) is 0.290. The summed E-state index contributed by atoms with van der Waals surface area (Å²) in [5.41, 5.74) is 10.9. The van der Waals surface area contributed by atoms with E-state index in [1.165, 1.54) is 11.3 Å². The predicted octanol–water partition coefficient (Wildman–Crippen LogP) is 5.90. The Bertz CT molecular complexity index is 1240. The second-order valence-corrected chi connectivity index (χ2v) is 9.97. The third kappa shape index (κ3) is 5.99. The Balaban J connectivity index is 1.82. The first-order valence-electron chi connectivity index (χ1n) is 11.7. The second kappa shape index (κ2) is 11.6. The molecule has 6 nitrogen and oxygen atoms in total. The Kier molecular flexibility index (Phi) is 8.33. The van der Waals surface area contributed by atoms with Gasteiger partial charge in [0, 0.05) is 35.3 Å². The van der Waals surface area contributed by atoms with Crippen molar-refractivity contribution < 1.29 is 4.79 Å². The zero-order valence-electron chi connectivity index (χ0n) is 20.0. The number of aromatic nitrogens is 3. The Hall–Kier alpha value is -3.00. The number of nitrogens with zero attached hydrogens (tertiary/aromatic N) is 4. The van der Waals surface area contributed by atoms with Gasteiger partial charge in [0.1, 0.15) is 11.5 Å². The van der Waals surface area contributed by atoms with Crippen LogP contribution in [0, 0.1) is 5.92 Å². The van der Waals surface area contributed by atoms with Crippen LogP contribution in [0.1, 0.15) is 48.2 Å². The van der Waals surface area contributed by atoms with E-state index in [1.807, 2.05) is 47.4 Å². The Morgan fingerprint density at radius 3 is 2.63 bits per heavy atom. The molecule has 2 aromatic heterocycles. The maximum absolute atomic E-state index is 13.6. The van der Waals surface area contributed by atoms with Gasteiger partial charge in [0.05, 0.1) is 17.2 Å². The van der Waals surface area contributed by atoms with Gasteiger partial charge in [-0.15, -0.1) is 11.3 Å². The van der Waals surface area contributed by atoms with Gasteiger partial charge in [0.2, 0.25) is 0 Å². The van der Waals surface area contributed by atoms with Crippen LogP contribution in [0.15, 0.2) is 71.7 Å². The monoisotopic (exact) mass is 507 g/mol. The average Bonchev–Trinajstić information content (AvgIpc) is 3.53. The molecule has 2 N–H and O–H groups in total. The summed E-state index contributed by atoms with van der Waals surface area (Å²) in [5.74, 6) is 0.843. The first-order chi connectivity index (χ1) is 17.0. The summed E-state index contributed by atoms with van der Waals surface area (Å²) in [7, 11) is 0. The number of rotatable bonds is 10. The molecule has 0 fully saturated rings. The topological polar surface area (TPSA) is 77.0 Å². The van der Waals surface area contributed by atoms with Gasteiger partial charge < -0.3 is 15.2 Å². The number of carbonyl (C=O) groups is 1. The molecule has 0 aliphatic rings. The minimum Gasteiger partial charge on any atom is -0.330 e. The van der Waals surface area contributed by atoms with Crippen LogP contribution in [0.5, 0.6) is 0 Å². The highest BCUT2D eigenvalue weighted by molar-refractivity contribution is 7.07. The molecule has 4 aromatic rings. The van der Waals surface area contributed by atoms with Crippen molar-refractivity contribution in [3.63, 3.8) is 0 Å². The lowest BCUT2D eigenvalue weighted by atomic mass is 10.00. The molecule has 0 bridgehead atoms. The molecule has 1 atom stereocenters. The fraction of sp³-hybridized carbons (Fsp3) is 0.296. The number of thiazole rings is 1. The zero-order chi connectivity index (χ0) is 24.8. The van der Waals surface area contributed by atoms with Crippen molar-refractivity contribution >= 4 is 28.8 Å². The molecule has 2 heterocycles. The fourth-order valence-corrected chi connectivity index (χ4v) is 4.97. The number of hydrogen-bond acceptors (Lipinski definition) is 5. The Morgan fingerprint density at radius 1 is 1.17 bits per heavy atom.